The fourth-order valence-electron chi connectivity index (χ4n) is 1.79. The molecule has 0 aromatic heterocycles. The molecule has 1 aliphatic rings. The van der Waals surface area contributed by atoms with Crippen LogP contribution >= 0.6 is 0 Å². The molecule has 94 valence electrons. The first kappa shape index (κ1) is 13.4. The monoisotopic (exact) mass is 249 g/mol. The minimum Gasteiger partial charge on any atom is -0.336 e. The molecule has 0 aromatic rings. The number of hydrogen-bond donors (Lipinski definition) is 2. The van der Waals surface area contributed by atoms with Crippen molar-refractivity contribution >= 4 is 15.9 Å². The summed E-state index contributed by atoms with van der Waals surface area (Å²) in [5.74, 6) is -0.167. The second-order valence-electron chi connectivity index (χ2n) is 4.20. The lowest BCUT2D eigenvalue weighted by molar-refractivity contribution is -0.135. The van der Waals surface area contributed by atoms with Gasteiger partial charge in [-0.05, 0) is 13.8 Å². The van der Waals surface area contributed by atoms with Crippen LogP contribution < -0.4 is 10.0 Å². The Labute approximate surface area is 96.4 Å². The molecular formula is C9H19N3O3S. The van der Waals surface area contributed by atoms with E-state index in [9.17, 15) is 13.2 Å². The minimum atomic E-state index is -3.34. The first-order chi connectivity index (χ1) is 7.31. The zero-order valence-corrected chi connectivity index (χ0v) is 10.7. The molecule has 6 nitrogen and oxygen atoms in total. The molecule has 16 heavy (non-hydrogen) atoms. The lowest BCUT2D eigenvalue weighted by Crippen LogP contribution is -2.57. The summed E-state index contributed by atoms with van der Waals surface area (Å²) in [5.41, 5.74) is 0. The highest BCUT2D eigenvalue weighted by molar-refractivity contribution is 7.88. The Morgan fingerprint density at radius 3 is 2.69 bits per heavy atom. The van der Waals surface area contributed by atoms with Gasteiger partial charge in [0.1, 0.15) is 0 Å². The molecule has 1 fully saturated rings. The van der Waals surface area contributed by atoms with Crippen molar-refractivity contribution in [3.8, 4) is 0 Å². The summed E-state index contributed by atoms with van der Waals surface area (Å²) in [4.78, 5) is 13.7. The maximum absolute atomic E-state index is 12.0. The van der Waals surface area contributed by atoms with Crippen LogP contribution in [0.2, 0.25) is 0 Å². The van der Waals surface area contributed by atoms with Crippen molar-refractivity contribution in [1.82, 2.24) is 14.9 Å². The van der Waals surface area contributed by atoms with Gasteiger partial charge < -0.3 is 10.2 Å². The van der Waals surface area contributed by atoms with Crippen LogP contribution in [-0.2, 0) is 14.8 Å². The van der Waals surface area contributed by atoms with Gasteiger partial charge in [-0.15, -0.1) is 0 Å². The molecule has 1 unspecified atom stereocenters. The molecule has 1 amide bonds. The Bertz CT molecular complexity index is 355. The van der Waals surface area contributed by atoms with Crippen LogP contribution in [-0.4, -0.2) is 57.2 Å². The number of hydrogen-bond acceptors (Lipinski definition) is 4. The van der Waals surface area contributed by atoms with E-state index in [4.69, 9.17) is 0 Å². The number of carbonyl (C=O) groups excluding carboxylic acids is 1. The van der Waals surface area contributed by atoms with Gasteiger partial charge in [0.05, 0.1) is 12.3 Å². The van der Waals surface area contributed by atoms with Gasteiger partial charge in [-0.1, -0.05) is 0 Å². The average molecular weight is 249 g/mol. The molecule has 0 spiro atoms. The molecule has 1 aliphatic heterocycles. The normalized spacial score (nSPS) is 24.2. The lowest BCUT2D eigenvalue weighted by atomic mass is 10.2. The van der Waals surface area contributed by atoms with Crippen molar-refractivity contribution in [2.24, 2.45) is 0 Å². The Kier molecular flexibility index (Phi) is 4.28. The predicted molar refractivity (Wildman–Crippen MR) is 61.5 cm³/mol. The van der Waals surface area contributed by atoms with E-state index in [2.05, 4.69) is 10.0 Å². The third-order valence-electron chi connectivity index (χ3n) is 2.55. The molecule has 2 atom stereocenters. The van der Waals surface area contributed by atoms with Crippen molar-refractivity contribution in [3.05, 3.63) is 0 Å². The van der Waals surface area contributed by atoms with Gasteiger partial charge in [0.25, 0.3) is 0 Å². The third kappa shape index (κ3) is 3.73. The van der Waals surface area contributed by atoms with Crippen molar-refractivity contribution in [2.45, 2.75) is 25.9 Å². The quantitative estimate of drug-likeness (QED) is 0.655. The van der Waals surface area contributed by atoms with Gasteiger partial charge >= 0.3 is 0 Å². The van der Waals surface area contributed by atoms with Crippen LogP contribution in [0.3, 0.4) is 0 Å². The van der Waals surface area contributed by atoms with Crippen LogP contribution in [0.1, 0.15) is 13.8 Å². The van der Waals surface area contributed by atoms with E-state index in [1.165, 1.54) is 0 Å². The van der Waals surface area contributed by atoms with Gasteiger partial charge in [0.2, 0.25) is 15.9 Å². The van der Waals surface area contributed by atoms with Crippen molar-refractivity contribution in [3.63, 3.8) is 0 Å². The molecule has 7 heteroatoms. The molecule has 0 radical (unpaired) electrons. The highest BCUT2D eigenvalue weighted by Gasteiger charge is 2.27. The fraction of sp³-hybridized carbons (Fsp3) is 0.889. The van der Waals surface area contributed by atoms with E-state index in [0.717, 1.165) is 19.3 Å². The third-order valence-corrected chi connectivity index (χ3v) is 3.33. The SMILES string of the molecule is CC(NS(C)(=O)=O)C(=O)N1CCNC[C@@H]1C. The molecule has 0 saturated carbocycles. The average Bonchev–Trinajstić information content (AvgIpc) is 2.15. The largest absolute Gasteiger partial charge is 0.336 e. The number of piperazine rings is 1. The Balaban J connectivity index is 2.62. The molecule has 0 bridgehead atoms. The van der Waals surface area contributed by atoms with Gasteiger partial charge in [-0.2, -0.15) is 0 Å². The molecular weight excluding hydrogens is 230 g/mol. The summed E-state index contributed by atoms with van der Waals surface area (Å²) < 4.78 is 24.3. The molecule has 0 aromatic carbocycles. The van der Waals surface area contributed by atoms with Crippen molar-refractivity contribution < 1.29 is 13.2 Å². The summed E-state index contributed by atoms with van der Waals surface area (Å²) in [6, 6.07) is -0.597. The van der Waals surface area contributed by atoms with E-state index in [1.54, 1.807) is 11.8 Å². The standard InChI is InChI=1S/C9H19N3O3S/c1-7-6-10-4-5-12(7)9(13)8(2)11-16(3,14)15/h7-8,10-11H,4-6H2,1-3H3/t7-,8?/m0/s1. The summed E-state index contributed by atoms with van der Waals surface area (Å²) in [6.45, 7) is 5.63. The zero-order chi connectivity index (χ0) is 12.3. The van der Waals surface area contributed by atoms with Gasteiger partial charge in [-0.25, -0.2) is 13.1 Å². The van der Waals surface area contributed by atoms with Crippen LogP contribution in [0.25, 0.3) is 0 Å². The van der Waals surface area contributed by atoms with Crippen molar-refractivity contribution in [2.75, 3.05) is 25.9 Å². The highest BCUT2D eigenvalue weighted by atomic mass is 32.2. The van der Waals surface area contributed by atoms with E-state index >= 15 is 0 Å². The molecule has 1 heterocycles. The maximum Gasteiger partial charge on any atom is 0.240 e. The van der Waals surface area contributed by atoms with Crippen LogP contribution in [0.4, 0.5) is 0 Å². The number of amides is 1. The van der Waals surface area contributed by atoms with Gasteiger partial charge in [0.15, 0.2) is 0 Å². The van der Waals surface area contributed by atoms with E-state index < -0.39 is 16.1 Å². The Morgan fingerprint density at radius 2 is 2.19 bits per heavy atom. The zero-order valence-electron chi connectivity index (χ0n) is 9.86. The van der Waals surface area contributed by atoms with Gasteiger partial charge in [0, 0.05) is 25.7 Å². The number of rotatable bonds is 3. The van der Waals surface area contributed by atoms with Crippen LogP contribution in [0, 0.1) is 0 Å². The molecule has 2 N–H and O–H groups in total. The summed E-state index contributed by atoms with van der Waals surface area (Å²) in [5, 5.41) is 3.17. The summed E-state index contributed by atoms with van der Waals surface area (Å²) >= 11 is 0. The van der Waals surface area contributed by atoms with E-state index in [-0.39, 0.29) is 11.9 Å². The van der Waals surface area contributed by atoms with E-state index in [1.807, 2.05) is 6.92 Å². The van der Waals surface area contributed by atoms with Crippen LogP contribution in [0.5, 0.6) is 0 Å². The van der Waals surface area contributed by atoms with E-state index in [0.29, 0.717) is 6.54 Å². The maximum atomic E-state index is 12.0. The Morgan fingerprint density at radius 1 is 1.56 bits per heavy atom. The number of nitrogens with zero attached hydrogens (tertiary/aromatic N) is 1. The fourth-order valence-corrected chi connectivity index (χ4v) is 2.53. The first-order valence-electron chi connectivity index (χ1n) is 5.30. The minimum absolute atomic E-state index is 0.102. The molecule has 0 aliphatic carbocycles. The number of nitrogens with one attached hydrogen (secondary N) is 2. The Hall–Kier alpha value is -0.660. The predicted octanol–water partition coefficient (Wildman–Crippen LogP) is -1.26. The lowest BCUT2D eigenvalue weighted by Gasteiger charge is -2.35. The van der Waals surface area contributed by atoms with Crippen LogP contribution in [0.15, 0.2) is 0 Å². The number of carbonyl (C=O) groups is 1. The molecule has 1 saturated heterocycles. The smallest absolute Gasteiger partial charge is 0.240 e. The van der Waals surface area contributed by atoms with Gasteiger partial charge in [-0.3, -0.25) is 4.79 Å². The second kappa shape index (κ2) is 5.11. The van der Waals surface area contributed by atoms with Crippen molar-refractivity contribution in [1.29, 1.82) is 0 Å². The summed E-state index contributed by atoms with van der Waals surface area (Å²) in [6.07, 6.45) is 1.05. The second-order valence-corrected chi connectivity index (χ2v) is 5.98. The topological polar surface area (TPSA) is 78.5 Å². The number of sulfonamides is 1. The summed E-state index contributed by atoms with van der Waals surface area (Å²) in [7, 11) is -3.34. The highest BCUT2D eigenvalue weighted by Crippen LogP contribution is 2.05. The molecule has 1 rings (SSSR count). The first-order valence-corrected chi connectivity index (χ1v) is 7.19.